The van der Waals surface area contributed by atoms with Gasteiger partial charge in [-0.1, -0.05) is 17.3 Å². The van der Waals surface area contributed by atoms with Crippen LogP contribution in [0.5, 0.6) is 5.75 Å². The van der Waals surface area contributed by atoms with Crippen LogP contribution < -0.4 is 15.0 Å². The number of carbonyl (C=O) groups excluding carboxylic acids is 2. The Hall–Kier alpha value is -4.03. The second kappa shape index (κ2) is 10.1. The lowest BCUT2D eigenvalue weighted by atomic mass is 10.1. The zero-order valence-electron chi connectivity index (χ0n) is 18.7. The van der Waals surface area contributed by atoms with Crippen LogP contribution in [0.4, 0.5) is 24.8 Å². The number of carbonyl (C=O) groups is 2. The van der Waals surface area contributed by atoms with E-state index in [0.29, 0.717) is 23.6 Å². The van der Waals surface area contributed by atoms with Crippen molar-refractivity contribution in [3.05, 3.63) is 53.9 Å². The van der Waals surface area contributed by atoms with Crippen LogP contribution in [0.2, 0.25) is 0 Å². The molecule has 1 N–H and O–H groups in total. The van der Waals surface area contributed by atoms with Gasteiger partial charge in [0.1, 0.15) is 11.5 Å². The first kappa shape index (κ1) is 24.1. The van der Waals surface area contributed by atoms with E-state index in [9.17, 15) is 22.8 Å². The molecule has 1 aromatic carbocycles. The van der Waals surface area contributed by atoms with Crippen molar-refractivity contribution in [1.29, 1.82) is 0 Å². The fourth-order valence-corrected chi connectivity index (χ4v) is 3.78. The van der Waals surface area contributed by atoms with Crippen LogP contribution in [0, 0.1) is 0 Å². The van der Waals surface area contributed by atoms with Crippen LogP contribution in [0.1, 0.15) is 30.6 Å². The molecule has 0 saturated carbocycles. The van der Waals surface area contributed by atoms with Crippen molar-refractivity contribution in [2.45, 2.75) is 38.6 Å². The van der Waals surface area contributed by atoms with Gasteiger partial charge >= 0.3 is 6.36 Å². The molecule has 2 aromatic heterocycles. The summed E-state index contributed by atoms with van der Waals surface area (Å²) in [6.45, 7) is 2.87. The summed E-state index contributed by atoms with van der Waals surface area (Å²) in [5.74, 6) is 0.0345. The van der Waals surface area contributed by atoms with E-state index in [2.05, 4.69) is 30.6 Å². The normalized spacial score (nSPS) is 15.8. The summed E-state index contributed by atoms with van der Waals surface area (Å²) in [5, 5.41) is 19.0. The van der Waals surface area contributed by atoms with Crippen molar-refractivity contribution in [1.82, 2.24) is 25.2 Å². The van der Waals surface area contributed by atoms with Gasteiger partial charge in [-0.25, -0.2) is 4.68 Å². The Labute approximate surface area is 198 Å². The Bertz CT molecular complexity index is 1200. The molecule has 1 atom stereocenters. The predicted octanol–water partition coefficient (Wildman–Crippen LogP) is 2.73. The number of benzene rings is 1. The lowest BCUT2D eigenvalue weighted by Crippen LogP contribution is -2.23. The molecule has 1 amide bonds. The summed E-state index contributed by atoms with van der Waals surface area (Å²) in [6.07, 6.45) is -2.11. The highest BCUT2D eigenvalue weighted by Crippen LogP contribution is 2.26. The molecule has 3 heterocycles. The number of hydrogen-bond acceptors (Lipinski definition) is 8. The van der Waals surface area contributed by atoms with Crippen molar-refractivity contribution in [3.63, 3.8) is 0 Å². The molecule has 0 bridgehead atoms. The summed E-state index contributed by atoms with van der Waals surface area (Å²) in [7, 11) is 0. The number of alkyl halides is 3. The Morgan fingerprint density at radius 1 is 1.14 bits per heavy atom. The monoisotopic (exact) mass is 489 g/mol. The van der Waals surface area contributed by atoms with Gasteiger partial charge in [0.15, 0.2) is 11.6 Å². The SMILES string of the molecule is CC(=O)Cc1cn(C2CCN(c3ccc(NC(=O)Cc4cccc(OC(F)(F)F)c4)nn3)C2)nn1. The van der Waals surface area contributed by atoms with Gasteiger partial charge in [-0.15, -0.1) is 28.5 Å². The van der Waals surface area contributed by atoms with Gasteiger partial charge in [-0.3, -0.25) is 9.59 Å². The number of rotatable bonds is 8. The van der Waals surface area contributed by atoms with Crippen LogP contribution in [0.15, 0.2) is 42.6 Å². The lowest BCUT2D eigenvalue weighted by Gasteiger charge is -2.17. The molecular weight excluding hydrogens is 467 g/mol. The first-order chi connectivity index (χ1) is 16.6. The molecule has 184 valence electrons. The second-order valence-electron chi connectivity index (χ2n) is 8.15. The number of aromatic nitrogens is 5. The Morgan fingerprint density at radius 3 is 2.69 bits per heavy atom. The number of Topliss-reactive ketones (excluding diaryl/α,β-unsaturated/α-hetero) is 1. The predicted molar refractivity (Wildman–Crippen MR) is 118 cm³/mol. The van der Waals surface area contributed by atoms with Crippen LogP contribution in [0.3, 0.4) is 0 Å². The molecule has 3 aromatic rings. The zero-order valence-corrected chi connectivity index (χ0v) is 18.7. The highest BCUT2D eigenvalue weighted by atomic mass is 19.4. The third-order valence-corrected chi connectivity index (χ3v) is 5.26. The van der Waals surface area contributed by atoms with E-state index in [1.54, 1.807) is 23.0 Å². The Morgan fingerprint density at radius 2 is 1.97 bits per heavy atom. The van der Waals surface area contributed by atoms with Crippen molar-refractivity contribution < 1.29 is 27.5 Å². The molecular formula is C22H22F3N7O3. The van der Waals surface area contributed by atoms with E-state index in [-0.39, 0.29) is 30.5 Å². The Kier molecular flexibility index (Phi) is 6.94. The number of halogens is 3. The van der Waals surface area contributed by atoms with Gasteiger partial charge in [0.25, 0.3) is 0 Å². The molecule has 4 rings (SSSR count). The van der Waals surface area contributed by atoms with Crippen molar-refractivity contribution in [3.8, 4) is 5.75 Å². The fourth-order valence-electron chi connectivity index (χ4n) is 3.78. The van der Waals surface area contributed by atoms with Crippen molar-refractivity contribution >= 4 is 23.3 Å². The molecule has 10 nitrogen and oxygen atoms in total. The average molecular weight is 489 g/mol. The maximum absolute atomic E-state index is 12.4. The average Bonchev–Trinajstić information content (AvgIpc) is 3.42. The molecule has 1 aliphatic heterocycles. The van der Waals surface area contributed by atoms with E-state index in [4.69, 9.17) is 0 Å². The summed E-state index contributed by atoms with van der Waals surface area (Å²) < 4.78 is 42.8. The molecule has 13 heteroatoms. The summed E-state index contributed by atoms with van der Waals surface area (Å²) in [4.78, 5) is 25.6. The highest BCUT2D eigenvalue weighted by molar-refractivity contribution is 5.91. The number of nitrogens with zero attached hydrogens (tertiary/aromatic N) is 6. The number of ketones is 1. The third-order valence-electron chi connectivity index (χ3n) is 5.26. The van der Waals surface area contributed by atoms with Gasteiger partial charge in [0, 0.05) is 19.3 Å². The second-order valence-corrected chi connectivity index (χ2v) is 8.15. The van der Waals surface area contributed by atoms with Crippen LogP contribution in [-0.4, -0.2) is 56.3 Å². The Balaban J connectivity index is 1.31. The summed E-state index contributed by atoms with van der Waals surface area (Å²) in [5.41, 5.74) is 0.993. The van der Waals surface area contributed by atoms with Crippen LogP contribution >= 0.6 is 0 Å². The number of hydrogen-bond donors (Lipinski definition) is 1. The molecule has 1 fully saturated rings. The van der Waals surface area contributed by atoms with Gasteiger partial charge in [0.05, 0.1) is 24.6 Å². The largest absolute Gasteiger partial charge is 0.573 e. The number of amides is 1. The molecule has 1 aliphatic rings. The topological polar surface area (TPSA) is 115 Å². The maximum Gasteiger partial charge on any atom is 0.573 e. The summed E-state index contributed by atoms with van der Waals surface area (Å²) >= 11 is 0. The minimum Gasteiger partial charge on any atom is -0.406 e. The number of ether oxygens (including phenoxy) is 1. The highest BCUT2D eigenvalue weighted by Gasteiger charge is 2.31. The van der Waals surface area contributed by atoms with Crippen molar-refractivity contribution in [2.75, 3.05) is 23.3 Å². The van der Waals surface area contributed by atoms with Crippen molar-refractivity contribution in [2.24, 2.45) is 0 Å². The quantitative estimate of drug-likeness (QED) is 0.514. The maximum atomic E-state index is 12.4. The smallest absolute Gasteiger partial charge is 0.406 e. The standard InChI is InChI=1S/C22H22F3N7O3/c1-14(33)9-16-12-32(30-27-16)17-7-8-31(13-17)20-6-5-19(28-29-20)26-21(34)11-15-3-2-4-18(10-15)35-22(23,24)25/h2-6,10,12,17H,7-9,11,13H2,1H3,(H,26,28,34). The zero-order chi connectivity index (χ0) is 25.0. The van der Waals surface area contributed by atoms with E-state index in [0.717, 1.165) is 25.1 Å². The number of nitrogens with one attached hydrogen (secondary N) is 1. The minimum absolute atomic E-state index is 0.0246. The van der Waals surface area contributed by atoms with Gasteiger partial charge in [0.2, 0.25) is 5.91 Å². The van der Waals surface area contributed by atoms with Gasteiger partial charge in [-0.05, 0) is 43.2 Å². The van der Waals surface area contributed by atoms with Gasteiger partial charge in [-0.2, -0.15) is 0 Å². The molecule has 35 heavy (non-hydrogen) atoms. The molecule has 1 saturated heterocycles. The molecule has 1 unspecified atom stereocenters. The first-order valence-electron chi connectivity index (χ1n) is 10.8. The van der Waals surface area contributed by atoms with E-state index in [1.165, 1.54) is 19.1 Å². The van der Waals surface area contributed by atoms with E-state index < -0.39 is 18.0 Å². The lowest BCUT2D eigenvalue weighted by molar-refractivity contribution is -0.274. The number of anilines is 2. The van der Waals surface area contributed by atoms with Crippen LogP contribution in [0.25, 0.3) is 0 Å². The minimum atomic E-state index is -4.80. The summed E-state index contributed by atoms with van der Waals surface area (Å²) in [6, 6.07) is 8.65. The van der Waals surface area contributed by atoms with Crippen LogP contribution in [-0.2, 0) is 22.4 Å². The van der Waals surface area contributed by atoms with E-state index >= 15 is 0 Å². The third kappa shape index (κ3) is 6.74. The van der Waals surface area contributed by atoms with Gasteiger partial charge < -0.3 is 15.0 Å². The fraction of sp³-hybridized carbons (Fsp3) is 0.364. The molecule has 0 spiro atoms. The molecule has 0 aliphatic carbocycles. The van der Waals surface area contributed by atoms with E-state index in [1.807, 2.05) is 4.90 Å². The first-order valence-corrected chi connectivity index (χ1v) is 10.8. The molecule has 0 radical (unpaired) electrons.